The van der Waals surface area contributed by atoms with Crippen LogP contribution in [0, 0.1) is 0 Å². The Kier molecular flexibility index (Phi) is 5.37. The quantitative estimate of drug-likeness (QED) is 0.796. The van der Waals surface area contributed by atoms with E-state index >= 15 is 0 Å². The van der Waals surface area contributed by atoms with Crippen LogP contribution in [0.25, 0.3) is 0 Å². The number of nitrogens with two attached hydrogens (primary N) is 1. The normalized spacial score (nSPS) is 11.1. The Morgan fingerprint density at radius 2 is 2.25 bits per heavy atom. The van der Waals surface area contributed by atoms with E-state index in [1.165, 1.54) is 11.5 Å². The number of anilines is 2. The molecule has 0 aliphatic carbocycles. The molecule has 1 aromatic heterocycles. The molecule has 0 atom stereocenters. The van der Waals surface area contributed by atoms with E-state index in [1.807, 2.05) is 6.26 Å². The molecule has 0 aliphatic heterocycles. The van der Waals surface area contributed by atoms with Crippen LogP contribution >= 0.6 is 23.3 Å². The Morgan fingerprint density at radius 3 is 2.75 bits per heavy atom. The van der Waals surface area contributed by atoms with Crippen molar-refractivity contribution < 1.29 is 4.74 Å². The number of rotatable bonds is 6. The van der Waals surface area contributed by atoms with Gasteiger partial charge in [0.1, 0.15) is 5.00 Å². The summed E-state index contributed by atoms with van der Waals surface area (Å²) in [6.45, 7) is 5.90. The fraction of sp³-hybridized carbons (Fsp3) is 0.700. The van der Waals surface area contributed by atoms with Crippen molar-refractivity contribution >= 4 is 34.1 Å². The molecule has 1 rings (SSSR count). The highest BCUT2D eigenvalue weighted by molar-refractivity contribution is 7.99. The van der Waals surface area contributed by atoms with Crippen LogP contribution in [0.1, 0.15) is 13.8 Å². The van der Waals surface area contributed by atoms with Crippen molar-refractivity contribution in [2.24, 2.45) is 0 Å². The van der Waals surface area contributed by atoms with Crippen molar-refractivity contribution in [1.82, 2.24) is 4.37 Å². The highest BCUT2D eigenvalue weighted by Crippen LogP contribution is 2.38. The second-order valence-corrected chi connectivity index (χ2v) is 5.25. The van der Waals surface area contributed by atoms with Gasteiger partial charge in [-0.25, -0.2) is 0 Å². The van der Waals surface area contributed by atoms with E-state index in [0.29, 0.717) is 18.5 Å². The van der Waals surface area contributed by atoms with Crippen LogP contribution in [0.3, 0.4) is 0 Å². The number of nitrogen functional groups attached to an aromatic ring is 1. The summed E-state index contributed by atoms with van der Waals surface area (Å²) in [7, 11) is 1.72. The smallest absolute Gasteiger partial charge is 0.153 e. The molecule has 2 N–H and O–H groups in total. The minimum atomic E-state index is 0.417. The molecule has 0 unspecified atom stereocenters. The third-order valence-electron chi connectivity index (χ3n) is 2.28. The number of thioether (sulfide) groups is 1. The summed E-state index contributed by atoms with van der Waals surface area (Å²) < 4.78 is 9.34. The van der Waals surface area contributed by atoms with Gasteiger partial charge < -0.3 is 15.4 Å². The van der Waals surface area contributed by atoms with Crippen molar-refractivity contribution in [3.63, 3.8) is 0 Å². The minimum Gasteiger partial charge on any atom is -0.383 e. The summed E-state index contributed by atoms with van der Waals surface area (Å²) in [5.41, 5.74) is 5.84. The van der Waals surface area contributed by atoms with E-state index in [-0.39, 0.29) is 0 Å². The SMILES string of the molecule is COCCN(c1snc(N)c1SC)C(C)C. The topological polar surface area (TPSA) is 51.4 Å². The lowest BCUT2D eigenvalue weighted by Gasteiger charge is -2.27. The molecule has 0 amide bonds. The molecular weight excluding hydrogens is 242 g/mol. The van der Waals surface area contributed by atoms with E-state index in [1.54, 1.807) is 18.9 Å². The van der Waals surface area contributed by atoms with E-state index in [4.69, 9.17) is 10.5 Å². The summed E-state index contributed by atoms with van der Waals surface area (Å²) in [6, 6.07) is 0.417. The summed E-state index contributed by atoms with van der Waals surface area (Å²) in [4.78, 5) is 3.36. The molecule has 1 aromatic rings. The number of methoxy groups -OCH3 is 1. The van der Waals surface area contributed by atoms with Crippen LogP contribution in [0.15, 0.2) is 4.90 Å². The highest BCUT2D eigenvalue weighted by Gasteiger charge is 2.19. The van der Waals surface area contributed by atoms with Gasteiger partial charge in [0, 0.05) is 19.7 Å². The molecule has 0 saturated heterocycles. The third-order valence-corrected chi connectivity index (χ3v) is 4.12. The van der Waals surface area contributed by atoms with E-state index in [9.17, 15) is 0 Å². The zero-order valence-corrected chi connectivity index (χ0v) is 11.8. The molecule has 0 radical (unpaired) electrons. The van der Waals surface area contributed by atoms with E-state index < -0.39 is 0 Å². The Hall–Kier alpha value is -0.460. The standard InChI is InChI=1S/C10H19N3OS2/c1-7(2)13(5-6-14-3)10-8(15-4)9(11)12-16-10/h7H,5-6H2,1-4H3,(H2,11,12). The van der Waals surface area contributed by atoms with Gasteiger partial charge >= 0.3 is 0 Å². The zero-order valence-electron chi connectivity index (χ0n) is 10.2. The minimum absolute atomic E-state index is 0.417. The van der Waals surface area contributed by atoms with Gasteiger partial charge in [0.05, 0.1) is 11.5 Å². The zero-order chi connectivity index (χ0) is 12.1. The predicted octanol–water partition coefficient (Wildman–Crippen LogP) is 2.31. The lowest BCUT2D eigenvalue weighted by Crippen LogP contribution is -2.33. The van der Waals surface area contributed by atoms with Crippen molar-refractivity contribution in [2.45, 2.75) is 24.8 Å². The largest absolute Gasteiger partial charge is 0.383 e. The first-order valence-corrected chi connectivity index (χ1v) is 7.16. The number of nitrogens with zero attached hydrogens (tertiary/aromatic N) is 2. The van der Waals surface area contributed by atoms with Crippen molar-refractivity contribution in [3.8, 4) is 0 Å². The van der Waals surface area contributed by atoms with Crippen molar-refractivity contribution in [3.05, 3.63) is 0 Å². The van der Waals surface area contributed by atoms with Gasteiger partial charge in [0.15, 0.2) is 5.82 Å². The van der Waals surface area contributed by atoms with Crippen molar-refractivity contribution in [1.29, 1.82) is 0 Å². The molecular formula is C10H19N3OS2. The van der Waals surface area contributed by atoms with Crippen LogP contribution in [0.2, 0.25) is 0 Å². The Bertz CT molecular complexity index is 328. The first-order valence-electron chi connectivity index (χ1n) is 5.16. The van der Waals surface area contributed by atoms with Crippen LogP contribution in [0.5, 0.6) is 0 Å². The lowest BCUT2D eigenvalue weighted by molar-refractivity contribution is 0.204. The van der Waals surface area contributed by atoms with Gasteiger partial charge in [-0.05, 0) is 31.6 Å². The fourth-order valence-corrected chi connectivity index (χ4v) is 3.28. The molecule has 4 nitrogen and oxygen atoms in total. The summed E-state index contributed by atoms with van der Waals surface area (Å²) in [5.74, 6) is 0.635. The van der Waals surface area contributed by atoms with Crippen molar-refractivity contribution in [2.75, 3.05) is 37.2 Å². The average Bonchev–Trinajstić information content (AvgIpc) is 2.60. The maximum absolute atomic E-state index is 5.84. The predicted molar refractivity (Wildman–Crippen MR) is 72.7 cm³/mol. The van der Waals surface area contributed by atoms with Gasteiger partial charge in [-0.1, -0.05) is 0 Å². The van der Waals surface area contributed by atoms with Crippen LogP contribution < -0.4 is 10.6 Å². The van der Waals surface area contributed by atoms with Gasteiger partial charge in [-0.15, -0.1) is 11.8 Å². The Labute approximate surface area is 105 Å². The molecule has 0 fully saturated rings. The van der Waals surface area contributed by atoms with E-state index in [2.05, 4.69) is 23.1 Å². The van der Waals surface area contributed by atoms with Crippen LogP contribution in [-0.4, -0.2) is 36.9 Å². The lowest BCUT2D eigenvalue weighted by atomic mass is 10.3. The molecule has 16 heavy (non-hydrogen) atoms. The first kappa shape index (κ1) is 13.6. The fourth-order valence-electron chi connectivity index (χ4n) is 1.44. The second-order valence-electron chi connectivity index (χ2n) is 3.69. The number of hydrogen-bond acceptors (Lipinski definition) is 6. The second kappa shape index (κ2) is 6.32. The molecule has 0 aliphatic rings. The van der Waals surface area contributed by atoms with Crippen LogP contribution in [0.4, 0.5) is 10.8 Å². The third kappa shape index (κ3) is 3.02. The Balaban J connectivity index is 2.91. The monoisotopic (exact) mass is 261 g/mol. The average molecular weight is 261 g/mol. The molecule has 0 bridgehead atoms. The molecule has 92 valence electrons. The Morgan fingerprint density at radius 1 is 1.56 bits per heavy atom. The van der Waals surface area contributed by atoms with Gasteiger partial charge in [-0.3, -0.25) is 0 Å². The maximum atomic E-state index is 5.84. The molecule has 0 saturated carbocycles. The van der Waals surface area contributed by atoms with Gasteiger partial charge in [0.2, 0.25) is 0 Å². The first-order chi connectivity index (χ1) is 7.61. The maximum Gasteiger partial charge on any atom is 0.153 e. The van der Waals surface area contributed by atoms with Crippen LogP contribution in [-0.2, 0) is 4.74 Å². The molecule has 1 heterocycles. The molecule has 0 aromatic carbocycles. The molecule has 6 heteroatoms. The molecule has 0 spiro atoms. The number of aromatic nitrogens is 1. The number of ether oxygens (including phenoxy) is 1. The summed E-state index contributed by atoms with van der Waals surface area (Å²) in [5, 5.41) is 1.15. The van der Waals surface area contributed by atoms with Gasteiger partial charge in [-0.2, -0.15) is 4.37 Å². The summed E-state index contributed by atoms with van der Waals surface area (Å²) in [6.07, 6.45) is 2.03. The number of hydrogen-bond donors (Lipinski definition) is 1. The van der Waals surface area contributed by atoms with E-state index in [0.717, 1.165) is 16.4 Å². The highest BCUT2D eigenvalue weighted by atomic mass is 32.2. The summed E-state index contributed by atoms with van der Waals surface area (Å²) >= 11 is 3.11. The van der Waals surface area contributed by atoms with Gasteiger partial charge in [0.25, 0.3) is 0 Å².